The molecule has 0 saturated heterocycles. The minimum Gasteiger partial charge on any atom is -0.394 e. The molecule has 2 N–H and O–H groups in total. The molecule has 0 aromatic heterocycles. The van der Waals surface area contributed by atoms with Crippen LogP contribution in [0.4, 0.5) is 0 Å². The van der Waals surface area contributed by atoms with Crippen LogP contribution in [0.25, 0.3) is 0 Å². The first-order chi connectivity index (χ1) is 9.55. The molecule has 2 fully saturated rings. The number of aliphatic hydroxyl groups is 1. The van der Waals surface area contributed by atoms with Gasteiger partial charge in [-0.05, 0) is 70.5 Å². The van der Waals surface area contributed by atoms with Gasteiger partial charge in [-0.3, -0.25) is 0 Å². The number of hydrogen-bond acceptors (Lipinski definition) is 3. The SMILES string of the molecule is CC(C)CCN(C)CCC1CCCC1(CO)NC1CC1. The highest BCUT2D eigenvalue weighted by atomic mass is 16.3. The summed E-state index contributed by atoms with van der Waals surface area (Å²) in [7, 11) is 2.24. The molecule has 0 aliphatic heterocycles. The van der Waals surface area contributed by atoms with E-state index in [1.807, 2.05) is 0 Å². The smallest absolute Gasteiger partial charge is 0.0616 e. The Balaban J connectivity index is 1.77. The minimum absolute atomic E-state index is 0.0417. The van der Waals surface area contributed by atoms with Crippen LogP contribution in [0, 0.1) is 11.8 Å². The van der Waals surface area contributed by atoms with Crippen molar-refractivity contribution in [1.29, 1.82) is 0 Å². The Morgan fingerprint density at radius 2 is 2.00 bits per heavy atom. The fraction of sp³-hybridized carbons (Fsp3) is 1.00. The van der Waals surface area contributed by atoms with Gasteiger partial charge in [-0.1, -0.05) is 20.3 Å². The van der Waals surface area contributed by atoms with Crippen LogP contribution in [0.3, 0.4) is 0 Å². The molecular weight excluding hydrogens is 248 g/mol. The van der Waals surface area contributed by atoms with Crippen LogP contribution < -0.4 is 5.32 Å². The summed E-state index contributed by atoms with van der Waals surface area (Å²) in [5, 5.41) is 13.7. The lowest BCUT2D eigenvalue weighted by Gasteiger charge is -2.36. The minimum atomic E-state index is 0.0417. The van der Waals surface area contributed by atoms with Gasteiger partial charge in [-0.25, -0.2) is 0 Å². The van der Waals surface area contributed by atoms with Crippen molar-refractivity contribution < 1.29 is 5.11 Å². The molecular formula is C17H34N2O. The van der Waals surface area contributed by atoms with E-state index < -0.39 is 0 Å². The van der Waals surface area contributed by atoms with Crippen LogP contribution in [0.2, 0.25) is 0 Å². The van der Waals surface area contributed by atoms with Gasteiger partial charge in [0.2, 0.25) is 0 Å². The van der Waals surface area contributed by atoms with Crippen molar-refractivity contribution in [2.24, 2.45) is 11.8 Å². The molecule has 0 radical (unpaired) electrons. The van der Waals surface area contributed by atoms with Gasteiger partial charge in [-0.15, -0.1) is 0 Å². The number of aliphatic hydroxyl groups excluding tert-OH is 1. The molecule has 20 heavy (non-hydrogen) atoms. The normalized spacial score (nSPS) is 30.6. The molecule has 2 aliphatic carbocycles. The van der Waals surface area contributed by atoms with Gasteiger partial charge in [-0.2, -0.15) is 0 Å². The monoisotopic (exact) mass is 282 g/mol. The summed E-state index contributed by atoms with van der Waals surface area (Å²) < 4.78 is 0. The van der Waals surface area contributed by atoms with Gasteiger partial charge in [0.1, 0.15) is 0 Å². The second kappa shape index (κ2) is 7.24. The summed E-state index contributed by atoms with van der Waals surface area (Å²) in [4.78, 5) is 2.47. The van der Waals surface area contributed by atoms with E-state index in [1.165, 1.54) is 58.0 Å². The van der Waals surface area contributed by atoms with Crippen molar-refractivity contribution >= 4 is 0 Å². The molecule has 0 aromatic rings. The molecule has 0 heterocycles. The second-order valence-corrected chi connectivity index (χ2v) is 7.60. The lowest BCUT2D eigenvalue weighted by molar-refractivity contribution is 0.111. The van der Waals surface area contributed by atoms with E-state index >= 15 is 0 Å². The fourth-order valence-corrected chi connectivity index (χ4v) is 3.61. The molecule has 3 heteroatoms. The summed E-state index contributed by atoms with van der Waals surface area (Å²) in [5.74, 6) is 1.45. The predicted molar refractivity (Wildman–Crippen MR) is 84.9 cm³/mol. The van der Waals surface area contributed by atoms with Gasteiger partial charge in [0.15, 0.2) is 0 Å². The van der Waals surface area contributed by atoms with E-state index in [2.05, 4.69) is 31.1 Å². The Bertz CT molecular complexity index is 291. The van der Waals surface area contributed by atoms with Gasteiger partial charge >= 0.3 is 0 Å². The molecule has 2 atom stereocenters. The van der Waals surface area contributed by atoms with E-state index in [4.69, 9.17) is 0 Å². The zero-order valence-corrected chi connectivity index (χ0v) is 13.7. The Morgan fingerprint density at radius 1 is 1.25 bits per heavy atom. The topological polar surface area (TPSA) is 35.5 Å². The largest absolute Gasteiger partial charge is 0.394 e. The number of hydrogen-bond donors (Lipinski definition) is 2. The maximum atomic E-state index is 9.93. The van der Waals surface area contributed by atoms with Gasteiger partial charge in [0, 0.05) is 11.6 Å². The van der Waals surface area contributed by atoms with Crippen molar-refractivity contribution in [3.8, 4) is 0 Å². The quantitative estimate of drug-likeness (QED) is 0.682. The van der Waals surface area contributed by atoms with E-state index in [9.17, 15) is 5.11 Å². The molecule has 2 saturated carbocycles. The van der Waals surface area contributed by atoms with Crippen molar-refractivity contribution in [3.63, 3.8) is 0 Å². The Kier molecular flexibility index (Phi) is 5.88. The number of nitrogens with one attached hydrogen (secondary N) is 1. The van der Waals surface area contributed by atoms with Crippen molar-refractivity contribution in [3.05, 3.63) is 0 Å². The standard InChI is InChI=1S/C17H34N2O/c1-14(2)8-11-19(3)12-9-15-5-4-10-17(15,13-20)18-16-6-7-16/h14-16,18,20H,4-13H2,1-3H3. The van der Waals surface area contributed by atoms with Crippen LogP contribution in [-0.4, -0.2) is 48.3 Å². The average Bonchev–Trinajstić information content (AvgIpc) is 3.13. The first-order valence-corrected chi connectivity index (χ1v) is 8.63. The van der Waals surface area contributed by atoms with Crippen molar-refractivity contribution in [2.45, 2.75) is 70.4 Å². The first kappa shape index (κ1) is 16.3. The highest BCUT2D eigenvalue weighted by Gasteiger charge is 2.44. The van der Waals surface area contributed by atoms with Gasteiger partial charge < -0.3 is 15.3 Å². The van der Waals surface area contributed by atoms with Crippen LogP contribution in [0.5, 0.6) is 0 Å². The molecule has 0 aromatic carbocycles. The highest BCUT2D eigenvalue weighted by Crippen LogP contribution is 2.40. The third kappa shape index (κ3) is 4.44. The second-order valence-electron chi connectivity index (χ2n) is 7.60. The van der Waals surface area contributed by atoms with E-state index in [0.717, 1.165) is 5.92 Å². The summed E-state index contributed by atoms with van der Waals surface area (Å²) in [5.41, 5.74) is 0.0417. The van der Waals surface area contributed by atoms with Crippen LogP contribution in [0.15, 0.2) is 0 Å². The third-order valence-corrected chi connectivity index (χ3v) is 5.26. The van der Waals surface area contributed by atoms with E-state index in [-0.39, 0.29) is 5.54 Å². The zero-order chi connectivity index (χ0) is 14.6. The van der Waals surface area contributed by atoms with E-state index in [1.54, 1.807) is 0 Å². The molecule has 0 amide bonds. The van der Waals surface area contributed by atoms with Gasteiger partial charge in [0.25, 0.3) is 0 Å². The average molecular weight is 282 g/mol. The van der Waals surface area contributed by atoms with Gasteiger partial charge in [0.05, 0.1) is 6.61 Å². The maximum Gasteiger partial charge on any atom is 0.0616 e. The van der Waals surface area contributed by atoms with Crippen LogP contribution in [-0.2, 0) is 0 Å². The Labute approximate surface area is 125 Å². The predicted octanol–water partition coefficient (Wildman–Crippen LogP) is 2.64. The first-order valence-electron chi connectivity index (χ1n) is 8.63. The number of rotatable bonds is 9. The lowest BCUT2D eigenvalue weighted by atomic mass is 9.85. The van der Waals surface area contributed by atoms with Crippen molar-refractivity contribution in [1.82, 2.24) is 10.2 Å². The highest BCUT2D eigenvalue weighted by molar-refractivity contribution is 5.03. The Morgan fingerprint density at radius 3 is 2.60 bits per heavy atom. The fourth-order valence-electron chi connectivity index (χ4n) is 3.61. The number of nitrogens with zero attached hydrogens (tertiary/aromatic N) is 1. The molecule has 118 valence electrons. The molecule has 0 bridgehead atoms. The molecule has 2 unspecified atom stereocenters. The maximum absolute atomic E-state index is 9.93. The summed E-state index contributed by atoms with van der Waals surface area (Å²) >= 11 is 0. The van der Waals surface area contributed by atoms with E-state index in [0.29, 0.717) is 18.6 Å². The summed E-state index contributed by atoms with van der Waals surface area (Å²) in [6.07, 6.45) is 8.87. The molecule has 3 nitrogen and oxygen atoms in total. The molecule has 2 rings (SSSR count). The molecule has 0 spiro atoms. The van der Waals surface area contributed by atoms with Crippen LogP contribution >= 0.6 is 0 Å². The summed E-state index contributed by atoms with van der Waals surface area (Å²) in [6, 6.07) is 0.696. The van der Waals surface area contributed by atoms with Crippen molar-refractivity contribution in [2.75, 3.05) is 26.7 Å². The zero-order valence-electron chi connectivity index (χ0n) is 13.7. The Hall–Kier alpha value is -0.120. The van der Waals surface area contributed by atoms with Crippen LogP contribution in [0.1, 0.15) is 58.8 Å². The summed E-state index contributed by atoms with van der Waals surface area (Å²) in [6.45, 7) is 7.28. The third-order valence-electron chi connectivity index (χ3n) is 5.26. The lowest BCUT2D eigenvalue weighted by Crippen LogP contribution is -2.53. The molecule has 2 aliphatic rings.